The van der Waals surface area contributed by atoms with Crippen LogP contribution in [0.15, 0.2) is 24.3 Å². The van der Waals surface area contributed by atoms with Gasteiger partial charge in [-0.05, 0) is 23.0 Å². The van der Waals surface area contributed by atoms with Crippen molar-refractivity contribution < 1.29 is 4.79 Å². The van der Waals surface area contributed by atoms with Crippen molar-refractivity contribution in [3.8, 4) is 0 Å². The number of alkyl halides is 1. The monoisotopic (exact) mass is 281 g/mol. The molecule has 0 saturated carbocycles. The molecule has 0 aliphatic heterocycles. The summed E-state index contributed by atoms with van der Waals surface area (Å²) in [5, 5.41) is 2.89. The van der Waals surface area contributed by atoms with Gasteiger partial charge in [0.25, 0.3) is 5.91 Å². The number of benzene rings is 1. The molecule has 1 amide bonds. The summed E-state index contributed by atoms with van der Waals surface area (Å²) in [5.41, 5.74) is 1.75. The second kappa shape index (κ2) is 6.42. The van der Waals surface area contributed by atoms with Crippen molar-refractivity contribution in [1.82, 2.24) is 5.32 Å². The number of carbonyl (C=O) groups is 1. The van der Waals surface area contributed by atoms with Gasteiger partial charge in [0, 0.05) is 12.1 Å². The van der Waals surface area contributed by atoms with Crippen LogP contribution >= 0.6 is 11.6 Å². The third-order valence-corrected chi connectivity index (χ3v) is 3.82. The quantitative estimate of drug-likeness (QED) is 0.831. The zero-order valence-corrected chi connectivity index (χ0v) is 13.2. The number of nitrogens with one attached hydrogen (secondary N) is 1. The predicted molar refractivity (Wildman–Crippen MR) is 82.0 cm³/mol. The Bertz CT molecular complexity index is 435. The van der Waals surface area contributed by atoms with E-state index in [2.05, 4.69) is 26.1 Å². The Balaban J connectivity index is 2.83. The summed E-state index contributed by atoms with van der Waals surface area (Å²) in [6.07, 6.45) is 0. The van der Waals surface area contributed by atoms with Crippen molar-refractivity contribution in [3.05, 3.63) is 35.4 Å². The third-order valence-electron chi connectivity index (χ3n) is 3.16. The Hall–Kier alpha value is -1.02. The van der Waals surface area contributed by atoms with Crippen LogP contribution < -0.4 is 5.32 Å². The molecule has 0 heterocycles. The minimum atomic E-state index is -0.0493. The van der Waals surface area contributed by atoms with E-state index in [9.17, 15) is 4.79 Å². The lowest BCUT2D eigenvalue weighted by Crippen LogP contribution is -2.33. The van der Waals surface area contributed by atoms with E-state index in [1.807, 2.05) is 38.1 Å². The van der Waals surface area contributed by atoms with E-state index in [0.717, 1.165) is 11.1 Å². The first-order valence-electron chi connectivity index (χ1n) is 6.75. The maximum atomic E-state index is 12.3. The van der Waals surface area contributed by atoms with E-state index < -0.39 is 0 Å². The predicted octanol–water partition coefficient (Wildman–Crippen LogP) is 3.98. The van der Waals surface area contributed by atoms with Crippen molar-refractivity contribution in [3.63, 3.8) is 0 Å². The van der Waals surface area contributed by atoms with Crippen LogP contribution in [0.4, 0.5) is 0 Å². The molecule has 0 aliphatic rings. The molecule has 0 saturated heterocycles. The van der Waals surface area contributed by atoms with E-state index in [-0.39, 0.29) is 16.7 Å². The zero-order chi connectivity index (χ0) is 14.6. The van der Waals surface area contributed by atoms with Gasteiger partial charge in [0.1, 0.15) is 0 Å². The Morgan fingerprint density at radius 2 is 1.84 bits per heavy atom. The number of hydrogen-bond acceptors (Lipinski definition) is 1. The summed E-state index contributed by atoms with van der Waals surface area (Å²) in [6.45, 7) is 10.9. The fourth-order valence-corrected chi connectivity index (χ4v) is 1.93. The van der Waals surface area contributed by atoms with Crippen LogP contribution in [0.3, 0.4) is 0 Å². The fraction of sp³-hybridized carbons (Fsp3) is 0.562. The summed E-state index contributed by atoms with van der Waals surface area (Å²) in [4.78, 5) is 12.3. The van der Waals surface area contributed by atoms with Crippen LogP contribution in [0, 0.1) is 5.92 Å². The Kier molecular flexibility index (Phi) is 5.42. The smallest absolute Gasteiger partial charge is 0.251 e. The lowest BCUT2D eigenvalue weighted by atomic mass is 9.83. The lowest BCUT2D eigenvalue weighted by Gasteiger charge is -2.23. The lowest BCUT2D eigenvalue weighted by molar-refractivity contribution is 0.0950. The maximum absolute atomic E-state index is 12.3. The van der Waals surface area contributed by atoms with E-state index in [4.69, 9.17) is 11.6 Å². The molecule has 0 aliphatic carbocycles. The van der Waals surface area contributed by atoms with Crippen molar-refractivity contribution in [1.29, 1.82) is 0 Å². The highest BCUT2D eigenvalue weighted by atomic mass is 35.5. The maximum Gasteiger partial charge on any atom is 0.251 e. The number of carbonyl (C=O) groups excluding carboxylic acids is 1. The Morgan fingerprint density at radius 3 is 2.37 bits per heavy atom. The van der Waals surface area contributed by atoms with E-state index in [0.29, 0.717) is 12.5 Å². The van der Waals surface area contributed by atoms with Gasteiger partial charge in [-0.2, -0.15) is 0 Å². The van der Waals surface area contributed by atoms with Crippen molar-refractivity contribution in [2.45, 2.75) is 45.4 Å². The minimum Gasteiger partial charge on any atom is -0.351 e. The van der Waals surface area contributed by atoms with E-state index >= 15 is 0 Å². The summed E-state index contributed by atoms with van der Waals surface area (Å²) in [7, 11) is 0. The minimum absolute atomic E-state index is 0.0363. The molecule has 0 fully saturated rings. The van der Waals surface area contributed by atoms with Crippen LogP contribution in [0.2, 0.25) is 0 Å². The van der Waals surface area contributed by atoms with Crippen LogP contribution in [-0.2, 0) is 5.41 Å². The molecule has 0 radical (unpaired) electrons. The SMILES string of the molecule is CC(C)C(Cl)CNC(=O)c1ccccc1C(C)(C)C. The van der Waals surface area contributed by atoms with Gasteiger partial charge >= 0.3 is 0 Å². The summed E-state index contributed by atoms with van der Waals surface area (Å²) in [5.74, 6) is 0.302. The second-order valence-electron chi connectivity index (χ2n) is 6.27. The van der Waals surface area contributed by atoms with E-state index in [1.165, 1.54) is 0 Å². The van der Waals surface area contributed by atoms with Crippen molar-refractivity contribution >= 4 is 17.5 Å². The molecule has 0 aromatic heterocycles. The van der Waals surface area contributed by atoms with Gasteiger partial charge in [-0.15, -0.1) is 11.6 Å². The van der Waals surface area contributed by atoms with Gasteiger partial charge in [0.05, 0.1) is 5.38 Å². The Labute approximate surface area is 121 Å². The fourth-order valence-electron chi connectivity index (χ4n) is 1.86. The molecule has 106 valence electrons. The topological polar surface area (TPSA) is 29.1 Å². The first kappa shape index (κ1) is 16.0. The third kappa shape index (κ3) is 4.54. The van der Waals surface area contributed by atoms with Crippen LogP contribution in [-0.4, -0.2) is 17.8 Å². The first-order valence-corrected chi connectivity index (χ1v) is 7.19. The highest BCUT2D eigenvalue weighted by molar-refractivity contribution is 6.21. The summed E-state index contributed by atoms with van der Waals surface area (Å²) in [6, 6.07) is 7.74. The number of rotatable bonds is 4. The molecule has 0 bridgehead atoms. The molecule has 1 rings (SSSR count). The molecule has 1 aromatic carbocycles. The number of amides is 1. The molecule has 3 heteroatoms. The van der Waals surface area contributed by atoms with Crippen molar-refractivity contribution in [2.24, 2.45) is 5.92 Å². The molecule has 1 N–H and O–H groups in total. The van der Waals surface area contributed by atoms with Gasteiger partial charge in [0.2, 0.25) is 0 Å². The van der Waals surface area contributed by atoms with Crippen LogP contribution in [0.25, 0.3) is 0 Å². The molecule has 1 aromatic rings. The highest BCUT2D eigenvalue weighted by Crippen LogP contribution is 2.25. The standard InChI is InChI=1S/C16H24ClNO/c1-11(2)14(17)10-18-15(19)12-8-6-7-9-13(12)16(3,4)5/h6-9,11,14H,10H2,1-5H3,(H,18,19). The van der Waals surface area contributed by atoms with Gasteiger partial charge in [-0.3, -0.25) is 4.79 Å². The summed E-state index contributed by atoms with van der Waals surface area (Å²) >= 11 is 6.16. The molecule has 19 heavy (non-hydrogen) atoms. The second-order valence-corrected chi connectivity index (χ2v) is 6.83. The van der Waals surface area contributed by atoms with Gasteiger partial charge in [-0.25, -0.2) is 0 Å². The normalized spacial score (nSPS) is 13.4. The van der Waals surface area contributed by atoms with E-state index in [1.54, 1.807) is 0 Å². The van der Waals surface area contributed by atoms with Gasteiger partial charge < -0.3 is 5.32 Å². The average molecular weight is 282 g/mol. The summed E-state index contributed by atoms with van der Waals surface area (Å²) < 4.78 is 0. The highest BCUT2D eigenvalue weighted by Gasteiger charge is 2.21. The molecular formula is C16H24ClNO. The van der Waals surface area contributed by atoms with Gasteiger partial charge in [-0.1, -0.05) is 52.8 Å². The Morgan fingerprint density at radius 1 is 1.26 bits per heavy atom. The molecule has 2 nitrogen and oxygen atoms in total. The molecular weight excluding hydrogens is 258 g/mol. The average Bonchev–Trinajstić information content (AvgIpc) is 2.34. The zero-order valence-electron chi connectivity index (χ0n) is 12.5. The number of hydrogen-bond donors (Lipinski definition) is 1. The number of halogens is 1. The largest absolute Gasteiger partial charge is 0.351 e. The van der Waals surface area contributed by atoms with Crippen molar-refractivity contribution in [2.75, 3.05) is 6.54 Å². The molecule has 1 unspecified atom stereocenters. The first-order chi connectivity index (χ1) is 8.73. The van der Waals surface area contributed by atoms with Crippen LogP contribution in [0.1, 0.15) is 50.5 Å². The van der Waals surface area contributed by atoms with Crippen LogP contribution in [0.5, 0.6) is 0 Å². The van der Waals surface area contributed by atoms with Gasteiger partial charge in [0.15, 0.2) is 0 Å². The molecule has 1 atom stereocenters. The molecule has 0 spiro atoms.